The molecular weight excluding hydrogens is 546 g/mol. The van der Waals surface area contributed by atoms with Gasteiger partial charge >= 0.3 is 0 Å². The van der Waals surface area contributed by atoms with Crippen molar-refractivity contribution in [3.63, 3.8) is 0 Å². The Labute approximate surface area is 249 Å². The summed E-state index contributed by atoms with van der Waals surface area (Å²) in [5.41, 5.74) is 3.15. The summed E-state index contributed by atoms with van der Waals surface area (Å²) in [5, 5.41) is 0.517. The summed E-state index contributed by atoms with van der Waals surface area (Å²) in [6.45, 7) is 4.30. The zero-order valence-corrected chi connectivity index (χ0v) is 24.0. The van der Waals surface area contributed by atoms with Gasteiger partial charge in [-0.1, -0.05) is 77.8 Å². The summed E-state index contributed by atoms with van der Waals surface area (Å²) in [6, 6.07) is 25.7. The third kappa shape index (κ3) is 3.59. The molecule has 0 unspecified atom stereocenters. The minimum atomic E-state index is -1.58. The number of carbonyl (C=O) groups is 3. The second-order valence-electron chi connectivity index (χ2n) is 11.1. The highest BCUT2D eigenvalue weighted by atomic mass is 35.5. The number of para-hydroxylation sites is 1. The van der Waals surface area contributed by atoms with Gasteiger partial charge < -0.3 is 9.64 Å². The van der Waals surface area contributed by atoms with Crippen LogP contribution in [0.5, 0.6) is 5.75 Å². The van der Waals surface area contributed by atoms with Gasteiger partial charge in [-0.2, -0.15) is 0 Å². The Bertz CT molecular complexity index is 1770. The second-order valence-corrected chi connectivity index (χ2v) is 11.5. The van der Waals surface area contributed by atoms with E-state index in [-0.39, 0.29) is 17.3 Å². The first-order valence-electron chi connectivity index (χ1n) is 14.1. The number of aryl methyl sites for hydroxylation is 1. The Hall–Kier alpha value is -4.48. The van der Waals surface area contributed by atoms with Gasteiger partial charge in [-0.05, 0) is 61.9 Å². The molecule has 6 heteroatoms. The predicted molar refractivity (Wildman–Crippen MR) is 164 cm³/mol. The topological polar surface area (TPSA) is 63.7 Å². The van der Waals surface area contributed by atoms with Crippen molar-refractivity contribution in [1.29, 1.82) is 0 Å². The van der Waals surface area contributed by atoms with Crippen molar-refractivity contribution in [3.8, 4) is 5.75 Å². The zero-order chi connectivity index (χ0) is 29.2. The molecule has 7 rings (SSSR count). The molecule has 5 nitrogen and oxygen atoms in total. The Kier molecular flexibility index (Phi) is 6.17. The van der Waals surface area contributed by atoms with Gasteiger partial charge in [0.05, 0.1) is 12.6 Å². The number of nitrogens with zero attached hydrogens (tertiary/aromatic N) is 1. The molecule has 0 radical (unpaired) electrons. The molecule has 3 atom stereocenters. The van der Waals surface area contributed by atoms with E-state index < -0.39 is 23.4 Å². The minimum Gasteiger partial charge on any atom is -0.494 e. The van der Waals surface area contributed by atoms with Crippen LogP contribution in [0.25, 0.3) is 6.08 Å². The molecule has 0 aromatic heterocycles. The lowest BCUT2D eigenvalue weighted by Gasteiger charge is -2.37. The summed E-state index contributed by atoms with van der Waals surface area (Å²) < 4.78 is 6.10. The van der Waals surface area contributed by atoms with Crippen LogP contribution in [0.2, 0.25) is 5.02 Å². The van der Waals surface area contributed by atoms with Crippen molar-refractivity contribution in [1.82, 2.24) is 0 Å². The number of hydrogen-bond acceptors (Lipinski definition) is 5. The number of halogens is 1. The van der Waals surface area contributed by atoms with E-state index in [9.17, 15) is 14.4 Å². The van der Waals surface area contributed by atoms with Gasteiger partial charge in [-0.25, -0.2) is 0 Å². The smallest absolute Gasteiger partial charge is 0.185 e. The zero-order valence-electron chi connectivity index (χ0n) is 23.2. The lowest BCUT2D eigenvalue weighted by Crippen LogP contribution is -2.48. The van der Waals surface area contributed by atoms with Gasteiger partial charge in [0, 0.05) is 38.9 Å². The lowest BCUT2D eigenvalue weighted by molar-refractivity contribution is 0.0664. The number of hydrogen-bond donors (Lipinski definition) is 0. The van der Waals surface area contributed by atoms with E-state index in [1.165, 1.54) is 0 Å². The average Bonchev–Trinajstić information content (AvgIpc) is 3.43. The molecule has 4 aromatic carbocycles. The maximum Gasteiger partial charge on any atom is 0.185 e. The summed E-state index contributed by atoms with van der Waals surface area (Å²) in [5.74, 6) is -0.995. The summed E-state index contributed by atoms with van der Waals surface area (Å²) in [7, 11) is 0. The molecule has 1 aliphatic carbocycles. The molecule has 208 valence electrons. The molecule has 3 aliphatic rings. The number of ketones is 3. The normalized spacial score (nSPS) is 21.3. The molecular formula is C36H28ClNO4. The number of rotatable bonds is 5. The summed E-state index contributed by atoms with van der Waals surface area (Å²) in [4.78, 5) is 46.4. The maximum atomic E-state index is 14.8. The van der Waals surface area contributed by atoms with E-state index in [0.717, 1.165) is 16.8 Å². The van der Waals surface area contributed by atoms with E-state index in [1.807, 2.05) is 67.3 Å². The van der Waals surface area contributed by atoms with Gasteiger partial charge in [0.25, 0.3) is 0 Å². The number of carbonyl (C=O) groups excluding carboxylic acids is 3. The molecule has 1 saturated heterocycles. The van der Waals surface area contributed by atoms with Gasteiger partial charge in [0.15, 0.2) is 17.3 Å². The van der Waals surface area contributed by atoms with E-state index in [0.29, 0.717) is 39.6 Å². The molecule has 1 fully saturated rings. The largest absolute Gasteiger partial charge is 0.494 e. The molecule has 0 amide bonds. The maximum absolute atomic E-state index is 14.8. The van der Waals surface area contributed by atoms with Crippen molar-refractivity contribution in [2.45, 2.75) is 31.8 Å². The van der Waals surface area contributed by atoms with Crippen molar-refractivity contribution < 1.29 is 19.1 Å². The van der Waals surface area contributed by atoms with Crippen LogP contribution in [0.3, 0.4) is 0 Å². The first-order valence-corrected chi connectivity index (χ1v) is 14.5. The highest BCUT2D eigenvalue weighted by Gasteiger charge is 2.71. The van der Waals surface area contributed by atoms with Crippen LogP contribution in [-0.4, -0.2) is 36.0 Å². The minimum absolute atomic E-state index is 0.191. The Balaban J connectivity index is 1.56. The van der Waals surface area contributed by atoms with Crippen molar-refractivity contribution in [3.05, 3.63) is 135 Å². The van der Waals surface area contributed by atoms with Crippen LogP contribution in [0, 0.1) is 12.3 Å². The van der Waals surface area contributed by atoms with E-state index in [4.69, 9.17) is 16.3 Å². The number of Topliss-reactive ketones (excluding diaryl/α,β-unsaturated/α-hetero) is 3. The molecule has 2 aliphatic heterocycles. The summed E-state index contributed by atoms with van der Waals surface area (Å²) >= 11 is 6.20. The van der Waals surface area contributed by atoms with Gasteiger partial charge in [0.2, 0.25) is 0 Å². The van der Waals surface area contributed by atoms with Crippen molar-refractivity contribution in [2.24, 2.45) is 5.41 Å². The monoisotopic (exact) mass is 573 g/mol. The molecule has 42 heavy (non-hydrogen) atoms. The number of benzene rings is 4. The standard InChI is InChI=1S/C36H28ClNO4/c1-3-42-29-11-7-6-10-27(29)31-32(33(39)22-13-16-24(37)17-14-22)38-28-18-12-21(2)20-23(28)15-19-30(38)36(31)34(40)25-8-4-5-9-26(25)35(36)41/h4-20,30-32H,3H2,1-2H3/t30-,31+,32-/m1/s1. The SMILES string of the molecule is CCOc1ccccc1[C@H]1[C@H](C(=O)c2ccc(Cl)cc2)N2c3ccc(C)cc3C=C[C@@H]2C12C(=O)c1ccccc1C2=O. The quantitative estimate of drug-likeness (QED) is 0.184. The van der Waals surface area contributed by atoms with Crippen LogP contribution in [0.4, 0.5) is 5.69 Å². The highest BCUT2D eigenvalue weighted by Crippen LogP contribution is 2.62. The third-order valence-corrected chi connectivity index (χ3v) is 9.16. The van der Waals surface area contributed by atoms with Crippen LogP contribution < -0.4 is 9.64 Å². The molecule has 4 aromatic rings. The number of fused-ring (bicyclic) bond motifs is 5. The fourth-order valence-electron chi connectivity index (χ4n) is 7.25. The van der Waals surface area contributed by atoms with Crippen LogP contribution in [0.15, 0.2) is 97.1 Å². The predicted octanol–water partition coefficient (Wildman–Crippen LogP) is 7.36. The van der Waals surface area contributed by atoms with E-state index in [2.05, 4.69) is 6.07 Å². The number of anilines is 1. The molecule has 0 saturated carbocycles. The molecule has 0 N–H and O–H groups in total. The van der Waals surface area contributed by atoms with Crippen LogP contribution in [-0.2, 0) is 0 Å². The fraction of sp³-hybridized carbons (Fsp3) is 0.194. The fourth-order valence-corrected chi connectivity index (χ4v) is 7.37. The first-order chi connectivity index (χ1) is 20.4. The van der Waals surface area contributed by atoms with Crippen LogP contribution in [0.1, 0.15) is 60.6 Å². The van der Waals surface area contributed by atoms with Gasteiger partial charge in [-0.3, -0.25) is 14.4 Å². The first kappa shape index (κ1) is 26.4. The second kappa shape index (κ2) is 9.81. The van der Waals surface area contributed by atoms with Gasteiger partial charge in [-0.15, -0.1) is 0 Å². The van der Waals surface area contributed by atoms with E-state index in [1.54, 1.807) is 48.5 Å². The highest BCUT2D eigenvalue weighted by molar-refractivity contribution is 6.32. The number of ether oxygens (including phenoxy) is 1. The lowest BCUT2D eigenvalue weighted by atomic mass is 9.64. The molecule has 0 bridgehead atoms. The van der Waals surface area contributed by atoms with E-state index >= 15 is 0 Å². The molecule has 2 heterocycles. The Morgan fingerprint density at radius 1 is 0.905 bits per heavy atom. The van der Waals surface area contributed by atoms with Gasteiger partial charge in [0.1, 0.15) is 17.2 Å². The van der Waals surface area contributed by atoms with Crippen molar-refractivity contribution in [2.75, 3.05) is 11.5 Å². The van der Waals surface area contributed by atoms with Crippen LogP contribution >= 0.6 is 11.6 Å². The average molecular weight is 574 g/mol. The molecule has 1 spiro atoms. The van der Waals surface area contributed by atoms with Crippen molar-refractivity contribution >= 4 is 40.7 Å². The third-order valence-electron chi connectivity index (χ3n) is 8.91. The summed E-state index contributed by atoms with van der Waals surface area (Å²) in [6.07, 6.45) is 3.92. The Morgan fingerprint density at radius 2 is 1.57 bits per heavy atom. The Morgan fingerprint density at radius 3 is 2.26 bits per heavy atom.